The van der Waals surface area contributed by atoms with Crippen molar-refractivity contribution in [2.75, 3.05) is 39.6 Å². The molecule has 19 heteroatoms. The Labute approximate surface area is 641 Å². The number of aliphatic hydroxyl groups excluding tert-OH is 1. The van der Waals surface area contributed by atoms with E-state index in [0.717, 1.165) is 135 Å². The lowest BCUT2D eigenvalue weighted by Crippen LogP contribution is -2.30. The quantitative estimate of drug-likeness (QED) is 0.0169. The number of phosphoric ester groups is 2. The van der Waals surface area contributed by atoms with Crippen LogP contribution in [0.2, 0.25) is 0 Å². The van der Waals surface area contributed by atoms with Crippen LogP contribution in [0, 0.1) is 0 Å². The van der Waals surface area contributed by atoms with Gasteiger partial charge in [-0.15, -0.1) is 0 Å². The summed E-state index contributed by atoms with van der Waals surface area (Å²) in [6, 6.07) is 0. The van der Waals surface area contributed by atoms with Crippen molar-refractivity contribution in [1.82, 2.24) is 0 Å². The van der Waals surface area contributed by atoms with Crippen LogP contribution in [-0.4, -0.2) is 96.7 Å². The summed E-state index contributed by atoms with van der Waals surface area (Å²) in [5.74, 6) is -2.46. The predicted octanol–water partition coefficient (Wildman–Crippen LogP) is 23.6. The van der Waals surface area contributed by atoms with Crippen molar-refractivity contribution in [2.24, 2.45) is 0 Å². The van der Waals surface area contributed by atoms with Crippen LogP contribution in [0.25, 0.3) is 0 Å². The Morgan fingerprint density at radius 1 is 0.283 bits per heavy atom. The summed E-state index contributed by atoms with van der Waals surface area (Å²) < 4.78 is 68.4. The van der Waals surface area contributed by atoms with Gasteiger partial charge in [0, 0.05) is 19.3 Å². The summed E-state index contributed by atoms with van der Waals surface area (Å²) in [5.41, 5.74) is 0. The van der Waals surface area contributed by atoms with E-state index in [0.29, 0.717) is 32.1 Å². The number of carbonyl (C=O) groups excluding carboxylic acids is 4. The molecule has 0 aromatic carbocycles. The molecule has 106 heavy (non-hydrogen) atoms. The second-order valence-corrected chi connectivity index (χ2v) is 28.8. The maximum Gasteiger partial charge on any atom is 0.472 e. The third-order valence-electron chi connectivity index (χ3n) is 15.9. The smallest absolute Gasteiger partial charge is 0.462 e. The highest BCUT2D eigenvalue weighted by molar-refractivity contribution is 7.47. The van der Waals surface area contributed by atoms with Gasteiger partial charge in [-0.3, -0.25) is 37.3 Å². The molecule has 600 valence electrons. The molecule has 0 aromatic rings. The number of unbranched alkanes of at least 4 members (excludes halogenated alkanes) is 18. The third kappa shape index (κ3) is 76.4. The van der Waals surface area contributed by atoms with Crippen LogP contribution in [0.5, 0.6) is 0 Å². The second kappa shape index (κ2) is 77.3. The number of hydrogen-bond donors (Lipinski definition) is 3. The van der Waals surface area contributed by atoms with Gasteiger partial charge < -0.3 is 33.8 Å². The molecule has 17 nitrogen and oxygen atoms in total. The molecule has 3 N–H and O–H groups in total. The van der Waals surface area contributed by atoms with E-state index in [1.165, 1.54) is 64.2 Å². The molecular weight excluding hydrogens is 1380 g/mol. The average molecular weight is 1520 g/mol. The highest BCUT2D eigenvalue weighted by Crippen LogP contribution is 2.45. The van der Waals surface area contributed by atoms with Crippen LogP contribution in [0.1, 0.15) is 285 Å². The highest BCUT2D eigenvalue weighted by atomic mass is 31.2. The number of aliphatic hydroxyl groups is 1. The first-order chi connectivity index (χ1) is 51.7. The van der Waals surface area contributed by atoms with Crippen molar-refractivity contribution in [3.63, 3.8) is 0 Å². The molecule has 0 radical (unpaired) electrons. The van der Waals surface area contributed by atoms with Crippen LogP contribution >= 0.6 is 15.6 Å². The average Bonchev–Trinajstić information content (AvgIpc) is 0.909. The number of hydrogen-bond acceptors (Lipinski definition) is 15. The standard InChI is InChI=1S/C87H140O17P2/c1-5-9-13-17-21-25-29-33-37-39-40-42-46-48-52-56-60-64-68-72-85(90)98-78-83(104-87(92)74-70-66-62-58-54-50-44-36-32-28-24-20-16-12-8-4)80-102-106(95,96)100-76-81(88)75-99-105(93,94)101-79-82(103-86(91)73-69-65-61-57-53-49-43-35-31-27-23-19-15-11-7-3)77-97-84(89)71-67-63-59-55-51-47-45-41-38-34-30-26-22-18-14-10-6-2/h9-10,12-14,16,21-22,24-26,28,33-34,36-38,40,42,44-45,47-48,52,54,58,60,64,66,70,81-83,88H,5-8,11,15,17-20,23,27,29-32,35,39,41,43,46,49-51,53,55-57,59,61-63,65,67-69,71-80H2,1-4H3,(H,93,94)(H,95,96)/b13-9-,14-10-,16-12-,25-21-,26-22-,28-24-,37-33-,38-34-,42-40-,44-36-,47-45-,52-48-,58-54-,64-60-,70-66-. The SMILES string of the molecule is CC/C=C\C/C=C\C/C=C\C/C=C\C/C=C\C/C=C\CCC(=O)OCC(COP(=O)(O)OCC(O)COP(=O)(O)OCC(COC(=O)CCCCCC/C=C\C/C=C\C/C=C\C/C=C\CC)OC(=O)CCCCCCCCCCCCCCCCC)OC(=O)C/C=C\C/C=C\C/C=C\C/C=C\C/C=C\CC. The third-order valence-corrected chi connectivity index (χ3v) is 17.8. The van der Waals surface area contributed by atoms with Crippen LogP contribution in [0.4, 0.5) is 0 Å². The summed E-state index contributed by atoms with van der Waals surface area (Å²) in [4.78, 5) is 73.0. The topological polar surface area (TPSA) is 237 Å². The molecule has 0 saturated heterocycles. The minimum absolute atomic E-state index is 0.00969. The summed E-state index contributed by atoms with van der Waals surface area (Å²) in [6.45, 7) is 4.30. The Hall–Kier alpha value is -5.84. The van der Waals surface area contributed by atoms with E-state index in [-0.39, 0.29) is 25.7 Å². The molecule has 0 spiro atoms. The molecule has 5 atom stereocenters. The Morgan fingerprint density at radius 3 is 0.896 bits per heavy atom. The summed E-state index contributed by atoms with van der Waals surface area (Å²) >= 11 is 0. The van der Waals surface area contributed by atoms with Crippen LogP contribution in [0.3, 0.4) is 0 Å². The number of rotatable bonds is 73. The van der Waals surface area contributed by atoms with Gasteiger partial charge in [0.15, 0.2) is 12.2 Å². The maximum atomic E-state index is 13.1. The second-order valence-electron chi connectivity index (χ2n) is 25.9. The summed E-state index contributed by atoms with van der Waals surface area (Å²) in [7, 11) is -10.0. The van der Waals surface area contributed by atoms with Crippen molar-refractivity contribution in [3.05, 3.63) is 182 Å². The van der Waals surface area contributed by atoms with Crippen molar-refractivity contribution >= 4 is 39.5 Å². The van der Waals surface area contributed by atoms with E-state index in [4.69, 9.17) is 37.0 Å². The summed E-state index contributed by atoms with van der Waals surface area (Å²) in [6.07, 6.45) is 93.5. The number of carbonyl (C=O) groups is 4. The zero-order chi connectivity index (χ0) is 77.4. The molecule has 0 aliphatic rings. The minimum Gasteiger partial charge on any atom is -0.462 e. The zero-order valence-electron chi connectivity index (χ0n) is 65.5. The van der Waals surface area contributed by atoms with E-state index in [1.54, 1.807) is 12.2 Å². The van der Waals surface area contributed by atoms with E-state index in [2.05, 4.69) is 167 Å². The molecule has 5 unspecified atom stereocenters. The van der Waals surface area contributed by atoms with Gasteiger partial charge >= 0.3 is 39.5 Å². The number of ether oxygens (including phenoxy) is 4. The van der Waals surface area contributed by atoms with Crippen LogP contribution in [-0.2, 0) is 65.4 Å². The fourth-order valence-corrected chi connectivity index (χ4v) is 11.5. The largest absolute Gasteiger partial charge is 0.472 e. The first-order valence-corrected chi connectivity index (χ1v) is 43.0. The van der Waals surface area contributed by atoms with E-state index >= 15 is 0 Å². The normalized spacial score (nSPS) is 14.8. The molecule has 0 aliphatic carbocycles. The number of esters is 4. The number of allylic oxidation sites excluding steroid dienone is 29. The van der Waals surface area contributed by atoms with Crippen molar-refractivity contribution in [2.45, 2.75) is 303 Å². The van der Waals surface area contributed by atoms with Gasteiger partial charge in [-0.1, -0.05) is 313 Å². The zero-order valence-corrected chi connectivity index (χ0v) is 67.3. The lowest BCUT2D eigenvalue weighted by Gasteiger charge is -2.21. The van der Waals surface area contributed by atoms with Gasteiger partial charge in [0.25, 0.3) is 0 Å². The first-order valence-electron chi connectivity index (χ1n) is 40.0. The molecule has 0 saturated carbocycles. The Balaban J connectivity index is 5.52. The van der Waals surface area contributed by atoms with Gasteiger partial charge in [-0.05, 0) is 128 Å². The van der Waals surface area contributed by atoms with Crippen molar-refractivity contribution in [1.29, 1.82) is 0 Å². The maximum absolute atomic E-state index is 13.1. The Bertz CT molecular complexity index is 2730. The lowest BCUT2D eigenvalue weighted by molar-refractivity contribution is -0.161. The molecule has 0 amide bonds. The Kier molecular flexibility index (Phi) is 73.1. The van der Waals surface area contributed by atoms with E-state index < -0.39 is 97.5 Å². The fraction of sp³-hybridized carbons (Fsp3) is 0.609. The molecule has 0 heterocycles. The molecule has 0 aromatic heterocycles. The molecule has 0 bridgehead atoms. The van der Waals surface area contributed by atoms with Crippen molar-refractivity contribution in [3.8, 4) is 0 Å². The van der Waals surface area contributed by atoms with Crippen LogP contribution < -0.4 is 0 Å². The lowest BCUT2D eigenvalue weighted by atomic mass is 10.0. The van der Waals surface area contributed by atoms with Crippen LogP contribution in [0.15, 0.2) is 182 Å². The first kappa shape index (κ1) is 100. The highest BCUT2D eigenvalue weighted by Gasteiger charge is 2.30. The predicted molar refractivity (Wildman–Crippen MR) is 436 cm³/mol. The van der Waals surface area contributed by atoms with Gasteiger partial charge in [-0.2, -0.15) is 0 Å². The minimum atomic E-state index is -5.03. The molecule has 0 rings (SSSR count). The van der Waals surface area contributed by atoms with Gasteiger partial charge in [0.1, 0.15) is 19.3 Å². The van der Waals surface area contributed by atoms with E-state index in [1.807, 2.05) is 30.4 Å². The van der Waals surface area contributed by atoms with Crippen molar-refractivity contribution < 1.29 is 80.2 Å². The number of phosphoric acid groups is 2. The monoisotopic (exact) mass is 1520 g/mol. The van der Waals surface area contributed by atoms with Gasteiger partial charge in [0.05, 0.1) is 32.8 Å². The van der Waals surface area contributed by atoms with Gasteiger partial charge in [0.2, 0.25) is 0 Å². The van der Waals surface area contributed by atoms with Gasteiger partial charge in [-0.25, -0.2) is 9.13 Å². The summed E-state index contributed by atoms with van der Waals surface area (Å²) in [5, 5.41) is 10.6. The Morgan fingerprint density at radius 2 is 0.547 bits per heavy atom. The fourth-order valence-electron chi connectivity index (χ4n) is 9.96. The van der Waals surface area contributed by atoms with E-state index in [9.17, 15) is 43.2 Å². The molecule has 0 aliphatic heterocycles. The molecular formula is C87H140O17P2. The molecule has 0 fully saturated rings.